The van der Waals surface area contributed by atoms with Crippen LogP contribution in [0.2, 0.25) is 0 Å². The van der Waals surface area contributed by atoms with Gasteiger partial charge in [0.1, 0.15) is 11.5 Å². The number of aromatic hydroxyl groups is 2. The van der Waals surface area contributed by atoms with E-state index in [1.165, 1.54) is 30.9 Å². The van der Waals surface area contributed by atoms with Gasteiger partial charge in [-0.15, -0.1) is 0 Å². The van der Waals surface area contributed by atoms with Crippen molar-refractivity contribution in [1.82, 2.24) is 0 Å². The van der Waals surface area contributed by atoms with Gasteiger partial charge in [0.05, 0.1) is 0 Å². The molecule has 0 saturated heterocycles. The van der Waals surface area contributed by atoms with Crippen molar-refractivity contribution in [1.29, 1.82) is 0 Å². The molecule has 0 radical (unpaired) electrons. The zero-order chi connectivity index (χ0) is 16.0. The first kappa shape index (κ1) is 16.4. The third-order valence-corrected chi connectivity index (χ3v) is 4.48. The lowest BCUT2D eigenvalue weighted by atomic mass is 9.72. The summed E-state index contributed by atoms with van der Waals surface area (Å²) >= 11 is 0. The zero-order valence-electron chi connectivity index (χ0n) is 13.5. The van der Waals surface area contributed by atoms with Crippen LogP contribution in [0.3, 0.4) is 0 Å². The molecule has 2 heteroatoms. The predicted molar refractivity (Wildman–Crippen MR) is 91.4 cm³/mol. The third kappa shape index (κ3) is 3.82. The summed E-state index contributed by atoms with van der Waals surface area (Å²) in [6.45, 7) is 4.41. The summed E-state index contributed by atoms with van der Waals surface area (Å²) in [5.74, 6) is 0.233. The summed E-state index contributed by atoms with van der Waals surface area (Å²) < 4.78 is 0. The number of phenolic OH excluding ortho intramolecular Hbond substituents is 2. The fourth-order valence-corrected chi connectivity index (χ4v) is 3.08. The molecule has 22 heavy (non-hydrogen) atoms. The summed E-state index contributed by atoms with van der Waals surface area (Å²) in [4.78, 5) is 0. The number of unbranched alkanes of at least 4 members (excludes halogenated alkanes) is 3. The Balaban J connectivity index is 2.36. The van der Waals surface area contributed by atoms with Crippen molar-refractivity contribution in [2.75, 3.05) is 0 Å². The molecule has 2 nitrogen and oxygen atoms in total. The van der Waals surface area contributed by atoms with Crippen molar-refractivity contribution >= 4 is 0 Å². The Morgan fingerprint density at radius 2 is 1.45 bits per heavy atom. The molecule has 0 amide bonds. The molecule has 2 N–H and O–H groups in total. The van der Waals surface area contributed by atoms with E-state index < -0.39 is 0 Å². The molecular weight excluding hydrogens is 272 g/mol. The molecule has 2 rings (SSSR count). The first-order chi connectivity index (χ1) is 10.6. The first-order valence-electron chi connectivity index (χ1n) is 8.15. The Morgan fingerprint density at radius 3 is 2.05 bits per heavy atom. The van der Waals surface area contributed by atoms with Gasteiger partial charge in [0.15, 0.2) is 0 Å². The average Bonchev–Trinajstić information content (AvgIpc) is 2.51. The second kappa shape index (κ2) is 7.35. The lowest BCUT2D eigenvalue weighted by Gasteiger charge is -2.31. The van der Waals surface area contributed by atoms with E-state index >= 15 is 0 Å². The number of benzene rings is 2. The van der Waals surface area contributed by atoms with Crippen LogP contribution < -0.4 is 0 Å². The largest absolute Gasteiger partial charge is 0.508 e. The molecule has 2 aromatic carbocycles. The van der Waals surface area contributed by atoms with Crippen molar-refractivity contribution < 1.29 is 10.2 Å². The van der Waals surface area contributed by atoms with E-state index in [1.807, 2.05) is 18.2 Å². The number of phenols is 2. The van der Waals surface area contributed by atoms with Crippen LogP contribution in [0.5, 0.6) is 11.5 Å². The van der Waals surface area contributed by atoms with Crippen LogP contribution in [0, 0.1) is 0 Å². The van der Waals surface area contributed by atoms with Gasteiger partial charge in [0.2, 0.25) is 0 Å². The van der Waals surface area contributed by atoms with E-state index in [2.05, 4.69) is 26.0 Å². The molecule has 0 aliphatic heterocycles. The molecule has 0 saturated carbocycles. The molecule has 0 aliphatic carbocycles. The summed E-state index contributed by atoms with van der Waals surface area (Å²) in [7, 11) is 0. The van der Waals surface area contributed by atoms with Crippen LogP contribution in [-0.4, -0.2) is 10.2 Å². The Morgan fingerprint density at radius 1 is 0.818 bits per heavy atom. The molecule has 0 aromatic heterocycles. The van der Waals surface area contributed by atoms with Crippen molar-refractivity contribution in [2.24, 2.45) is 0 Å². The lowest BCUT2D eigenvalue weighted by Crippen LogP contribution is -2.23. The minimum Gasteiger partial charge on any atom is -0.508 e. The van der Waals surface area contributed by atoms with E-state index in [0.29, 0.717) is 0 Å². The Labute approximate surface area is 133 Å². The summed E-state index contributed by atoms with van der Waals surface area (Å²) in [5.41, 5.74) is 1.98. The van der Waals surface area contributed by atoms with Crippen LogP contribution in [0.15, 0.2) is 48.5 Å². The van der Waals surface area contributed by atoms with Crippen LogP contribution in [-0.2, 0) is 5.41 Å². The van der Waals surface area contributed by atoms with Gasteiger partial charge in [-0.1, -0.05) is 69.9 Å². The Bertz CT molecular complexity index is 572. The van der Waals surface area contributed by atoms with E-state index in [1.54, 1.807) is 12.1 Å². The summed E-state index contributed by atoms with van der Waals surface area (Å²) in [6.07, 6.45) is 5.81. The maximum absolute atomic E-state index is 9.85. The maximum atomic E-state index is 9.85. The van der Waals surface area contributed by atoms with E-state index in [9.17, 15) is 10.2 Å². The van der Waals surface area contributed by atoms with Crippen molar-refractivity contribution in [3.8, 4) is 11.5 Å². The van der Waals surface area contributed by atoms with Gasteiger partial charge in [-0.25, -0.2) is 0 Å². The minimum atomic E-state index is -0.203. The van der Waals surface area contributed by atoms with Crippen molar-refractivity contribution in [3.63, 3.8) is 0 Å². The van der Waals surface area contributed by atoms with Crippen LogP contribution in [0.1, 0.15) is 57.1 Å². The molecule has 0 fully saturated rings. The summed E-state index contributed by atoms with van der Waals surface area (Å²) in [5, 5.41) is 19.7. The molecule has 2 aromatic rings. The number of hydrogen-bond acceptors (Lipinski definition) is 2. The average molecular weight is 298 g/mol. The standard InChI is InChI=1S/C20H26O2/c1-3-4-5-9-12-20(2,16-10-7-6-8-11-16)17-13-18(21)15-19(22)14-17/h6-8,10-11,13-15,21-22H,3-5,9,12H2,1-2H3. The molecule has 1 atom stereocenters. The van der Waals surface area contributed by atoms with Crippen molar-refractivity contribution in [2.45, 2.75) is 51.4 Å². The fourth-order valence-electron chi connectivity index (χ4n) is 3.08. The minimum absolute atomic E-state index is 0.116. The predicted octanol–water partition coefficient (Wildman–Crippen LogP) is 5.37. The molecule has 0 bridgehead atoms. The second-order valence-electron chi connectivity index (χ2n) is 6.25. The van der Waals surface area contributed by atoms with Crippen LogP contribution in [0.4, 0.5) is 0 Å². The second-order valence-corrected chi connectivity index (χ2v) is 6.25. The molecule has 118 valence electrons. The van der Waals surface area contributed by atoms with Gasteiger partial charge in [0.25, 0.3) is 0 Å². The van der Waals surface area contributed by atoms with Crippen LogP contribution in [0.25, 0.3) is 0 Å². The number of rotatable bonds is 7. The summed E-state index contributed by atoms with van der Waals surface area (Å²) in [6, 6.07) is 15.3. The van der Waals surface area contributed by atoms with E-state index in [4.69, 9.17) is 0 Å². The molecule has 1 unspecified atom stereocenters. The van der Waals surface area contributed by atoms with Gasteiger partial charge in [-0.2, -0.15) is 0 Å². The Kier molecular flexibility index (Phi) is 5.48. The normalized spacial score (nSPS) is 13.7. The first-order valence-corrected chi connectivity index (χ1v) is 8.15. The highest BCUT2D eigenvalue weighted by Gasteiger charge is 2.29. The topological polar surface area (TPSA) is 40.5 Å². The third-order valence-electron chi connectivity index (χ3n) is 4.48. The van der Waals surface area contributed by atoms with Gasteiger partial charge >= 0.3 is 0 Å². The number of hydrogen-bond donors (Lipinski definition) is 2. The quantitative estimate of drug-likeness (QED) is 0.674. The van der Waals surface area contributed by atoms with E-state index in [0.717, 1.165) is 18.4 Å². The van der Waals surface area contributed by atoms with Gasteiger partial charge in [0, 0.05) is 11.5 Å². The highest BCUT2D eigenvalue weighted by molar-refractivity contribution is 5.45. The van der Waals surface area contributed by atoms with Crippen LogP contribution >= 0.6 is 0 Å². The lowest BCUT2D eigenvalue weighted by molar-refractivity contribution is 0.436. The molecule has 0 spiro atoms. The Hall–Kier alpha value is -1.96. The highest BCUT2D eigenvalue weighted by Crippen LogP contribution is 2.39. The van der Waals surface area contributed by atoms with Crippen molar-refractivity contribution in [3.05, 3.63) is 59.7 Å². The SMILES string of the molecule is CCCCCCC(C)(c1ccccc1)c1cc(O)cc(O)c1. The fraction of sp³-hybridized carbons (Fsp3) is 0.400. The smallest absolute Gasteiger partial charge is 0.119 e. The monoisotopic (exact) mass is 298 g/mol. The zero-order valence-corrected chi connectivity index (χ0v) is 13.5. The molecular formula is C20H26O2. The molecule has 0 heterocycles. The highest BCUT2D eigenvalue weighted by atomic mass is 16.3. The van der Waals surface area contributed by atoms with E-state index in [-0.39, 0.29) is 16.9 Å². The van der Waals surface area contributed by atoms with Gasteiger partial charge in [-0.3, -0.25) is 0 Å². The molecule has 0 aliphatic rings. The maximum Gasteiger partial charge on any atom is 0.119 e. The van der Waals surface area contributed by atoms with Gasteiger partial charge < -0.3 is 10.2 Å². The van der Waals surface area contributed by atoms with Gasteiger partial charge in [-0.05, 0) is 29.7 Å².